The molecule has 0 amide bonds. The monoisotopic (exact) mass is 545 g/mol. The first kappa shape index (κ1) is 24.0. The molecule has 9 aromatic rings. The Kier molecular flexibility index (Phi) is 5.27. The molecule has 8 aromatic carbocycles. The molecule has 0 saturated heterocycles. The summed E-state index contributed by atoms with van der Waals surface area (Å²) in [5.74, 6) is 0. The van der Waals surface area contributed by atoms with Gasteiger partial charge in [-0.2, -0.15) is 0 Å². The minimum absolute atomic E-state index is 1.17. The van der Waals surface area contributed by atoms with Crippen molar-refractivity contribution in [3.63, 3.8) is 0 Å². The summed E-state index contributed by atoms with van der Waals surface area (Å²) in [6.45, 7) is 0. The van der Waals surface area contributed by atoms with E-state index in [-0.39, 0.29) is 0 Å². The van der Waals surface area contributed by atoms with E-state index in [2.05, 4.69) is 168 Å². The Morgan fingerprint density at radius 1 is 0.326 bits per heavy atom. The molecule has 0 bridgehead atoms. The molecule has 0 spiro atoms. The Labute approximate surface area is 249 Å². The SMILES string of the molecule is c1ccc(-c2cc3c4ccccc4n(-c4cccc(-c5ccc6ccc7ccccc7c6c5)c4)c3c3ccccc23)cc1. The summed E-state index contributed by atoms with van der Waals surface area (Å²) in [4.78, 5) is 0. The molecule has 0 radical (unpaired) electrons. The van der Waals surface area contributed by atoms with Gasteiger partial charge in [0, 0.05) is 21.8 Å². The third kappa shape index (κ3) is 3.72. The van der Waals surface area contributed by atoms with E-state index in [0.29, 0.717) is 0 Å². The topological polar surface area (TPSA) is 4.93 Å². The van der Waals surface area contributed by atoms with E-state index in [4.69, 9.17) is 0 Å². The van der Waals surface area contributed by atoms with Crippen molar-refractivity contribution >= 4 is 54.1 Å². The number of hydrogen-bond acceptors (Lipinski definition) is 0. The zero-order valence-corrected chi connectivity index (χ0v) is 23.5. The molecule has 0 N–H and O–H groups in total. The fourth-order valence-electron chi connectivity index (χ4n) is 6.95. The van der Waals surface area contributed by atoms with Gasteiger partial charge in [0.05, 0.1) is 11.0 Å². The number of rotatable bonds is 3. The van der Waals surface area contributed by atoms with Crippen LogP contribution in [0.25, 0.3) is 82.1 Å². The maximum Gasteiger partial charge on any atom is 0.0619 e. The predicted molar refractivity (Wildman–Crippen MR) is 184 cm³/mol. The van der Waals surface area contributed by atoms with Gasteiger partial charge in [0.25, 0.3) is 0 Å². The number of hydrogen-bond donors (Lipinski definition) is 0. The average molecular weight is 546 g/mol. The highest BCUT2D eigenvalue weighted by molar-refractivity contribution is 6.22. The highest BCUT2D eigenvalue weighted by atomic mass is 15.0. The van der Waals surface area contributed by atoms with Gasteiger partial charge in [-0.25, -0.2) is 0 Å². The van der Waals surface area contributed by atoms with Crippen LogP contribution < -0.4 is 0 Å². The van der Waals surface area contributed by atoms with Crippen LogP contribution in [0.5, 0.6) is 0 Å². The highest BCUT2D eigenvalue weighted by Gasteiger charge is 2.18. The van der Waals surface area contributed by atoms with Crippen LogP contribution in [0.4, 0.5) is 0 Å². The van der Waals surface area contributed by atoms with Gasteiger partial charge in [-0.05, 0) is 79.5 Å². The fourth-order valence-corrected chi connectivity index (χ4v) is 6.95. The molecular formula is C42H27N. The molecule has 1 heterocycles. The largest absolute Gasteiger partial charge is 0.309 e. The molecule has 0 aliphatic carbocycles. The van der Waals surface area contributed by atoms with Gasteiger partial charge < -0.3 is 4.57 Å². The van der Waals surface area contributed by atoms with Gasteiger partial charge in [-0.3, -0.25) is 0 Å². The number of benzene rings is 8. The molecule has 0 fully saturated rings. The molecule has 0 aliphatic rings. The van der Waals surface area contributed by atoms with Gasteiger partial charge in [-0.15, -0.1) is 0 Å². The van der Waals surface area contributed by atoms with Crippen molar-refractivity contribution < 1.29 is 0 Å². The molecule has 1 heteroatoms. The van der Waals surface area contributed by atoms with Crippen molar-refractivity contribution in [1.82, 2.24) is 4.57 Å². The molecule has 0 saturated carbocycles. The second-order valence-corrected chi connectivity index (χ2v) is 11.4. The Hall–Kier alpha value is -5.66. The Bertz CT molecular complexity index is 2500. The standard InChI is InChI=1S/C42H27N/c1-2-11-28(12-3-1)39-27-40-36-18-8-9-20-41(36)43(42(40)37-19-7-6-17-35(37)39)33-15-10-14-31(25-33)32-24-23-30-22-21-29-13-4-5-16-34(29)38(30)26-32/h1-27H. The van der Waals surface area contributed by atoms with Crippen LogP contribution in [0.1, 0.15) is 0 Å². The number of aromatic nitrogens is 1. The lowest BCUT2D eigenvalue weighted by molar-refractivity contribution is 1.19. The number of para-hydroxylation sites is 1. The quantitative estimate of drug-likeness (QED) is 0.195. The Balaban J connectivity index is 1.31. The Morgan fingerprint density at radius 2 is 0.953 bits per heavy atom. The van der Waals surface area contributed by atoms with Gasteiger partial charge >= 0.3 is 0 Å². The second kappa shape index (κ2) is 9.44. The normalized spacial score (nSPS) is 11.7. The zero-order valence-electron chi connectivity index (χ0n) is 23.5. The average Bonchev–Trinajstić information content (AvgIpc) is 3.43. The van der Waals surface area contributed by atoms with Crippen molar-refractivity contribution in [2.24, 2.45) is 0 Å². The second-order valence-electron chi connectivity index (χ2n) is 11.4. The summed E-state index contributed by atoms with van der Waals surface area (Å²) >= 11 is 0. The third-order valence-electron chi connectivity index (χ3n) is 8.94. The summed E-state index contributed by atoms with van der Waals surface area (Å²) < 4.78 is 2.46. The van der Waals surface area contributed by atoms with Crippen molar-refractivity contribution in [3.8, 4) is 27.9 Å². The van der Waals surface area contributed by atoms with Crippen molar-refractivity contribution in [2.45, 2.75) is 0 Å². The molecule has 1 nitrogen and oxygen atoms in total. The van der Waals surface area contributed by atoms with Crippen LogP contribution in [0.2, 0.25) is 0 Å². The smallest absolute Gasteiger partial charge is 0.0619 e. The van der Waals surface area contributed by atoms with E-state index in [1.807, 2.05) is 0 Å². The van der Waals surface area contributed by atoms with E-state index in [9.17, 15) is 0 Å². The molecule has 0 aliphatic heterocycles. The lowest BCUT2D eigenvalue weighted by Gasteiger charge is -2.14. The van der Waals surface area contributed by atoms with E-state index in [1.165, 1.54) is 82.1 Å². The summed E-state index contributed by atoms with van der Waals surface area (Å²) in [5.41, 5.74) is 8.57. The van der Waals surface area contributed by atoms with Crippen molar-refractivity contribution in [1.29, 1.82) is 0 Å². The van der Waals surface area contributed by atoms with Gasteiger partial charge in [0.1, 0.15) is 0 Å². The van der Waals surface area contributed by atoms with E-state index >= 15 is 0 Å². The van der Waals surface area contributed by atoms with Crippen LogP contribution >= 0.6 is 0 Å². The van der Waals surface area contributed by atoms with E-state index in [1.54, 1.807) is 0 Å². The van der Waals surface area contributed by atoms with E-state index < -0.39 is 0 Å². The van der Waals surface area contributed by atoms with Crippen LogP contribution in [0, 0.1) is 0 Å². The molecule has 9 rings (SSSR count). The number of fused-ring (bicyclic) bond motifs is 8. The first-order valence-electron chi connectivity index (χ1n) is 14.9. The minimum Gasteiger partial charge on any atom is -0.309 e. The van der Waals surface area contributed by atoms with Gasteiger partial charge in [0.15, 0.2) is 0 Å². The third-order valence-corrected chi connectivity index (χ3v) is 8.94. The van der Waals surface area contributed by atoms with Gasteiger partial charge in [-0.1, -0.05) is 133 Å². The molecule has 200 valence electrons. The van der Waals surface area contributed by atoms with Crippen molar-refractivity contribution in [2.75, 3.05) is 0 Å². The van der Waals surface area contributed by atoms with Crippen molar-refractivity contribution in [3.05, 3.63) is 164 Å². The first-order valence-corrected chi connectivity index (χ1v) is 14.9. The van der Waals surface area contributed by atoms with Gasteiger partial charge in [0.2, 0.25) is 0 Å². The van der Waals surface area contributed by atoms with Crippen LogP contribution in [0.15, 0.2) is 164 Å². The molecule has 1 aromatic heterocycles. The summed E-state index contributed by atoms with van der Waals surface area (Å²) in [5, 5.41) is 10.2. The number of nitrogens with zero attached hydrogens (tertiary/aromatic N) is 1. The maximum atomic E-state index is 2.46. The molecule has 0 atom stereocenters. The lowest BCUT2D eigenvalue weighted by atomic mass is 9.95. The predicted octanol–water partition coefficient (Wildman–Crippen LogP) is 11.6. The highest BCUT2D eigenvalue weighted by Crippen LogP contribution is 2.41. The Morgan fingerprint density at radius 3 is 1.81 bits per heavy atom. The van der Waals surface area contributed by atoms with Crippen LogP contribution in [0.3, 0.4) is 0 Å². The van der Waals surface area contributed by atoms with Crippen LogP contribution in [-0.4, -0.2) is 4.57 Å². The summed E-state index contributed by atoms with van der Waals surface area (Å²) in [7, 11) is 0. The molecule has 43 heavy (non-hydrogen) atoms. The first-order chi connectivity index (χ1) is 21.3. The van der Waals surface area contributed by atoms with Crippen LogP contribution in [-0.2, 0) is 0 Å². The maximum absolute atomic E-state index is 2.46. The summed E-state index contributed by atoms with van der Waals surface area (Å²) in [6, 6.07) is 59.8. The fraction of sp³-hybridized carbons (Fsp3) is 0. The molecular weight excluding hydrogens is 518 g/mol. The molecule has 0 unspecified atom stereocenters. The zero-order chi connectivity index (χ0) is 28.3. The lowest BCUT2D eigenvalue weighted by Crippen LogP contribution is -1.95. The van der Waals surface area contributed by atoms with E-state index in [0.717, 1.165) is 0 Å². The minimum atomic E-state index is 1.17. The summed E-state index contributed by atoms with van der Waals surface area (Å²) in [6.07, 6.45) is 0.